The van der Waals surface area contributed by atoms with Crippen molar-refractivity contribution in [2.75, 3.05) is 0 Å². The molecule has 1 aliphatic rings. The topological polar surface area (TPSA) is 46.5 Å². The summed E-state index contributed by atoms with van der Waals surface area (Å²) in [5.41, 5.74) is 5.68. The second kappa shape index (κ2) is 8.30. The number of ether oxygens (including phenoxy) is 1. The maximum absolute atomic E-state index is 11.9. The fourth-order valence-electron chi connectivity index (χ4n) is 3.13. The summed E-state index contributed by atoms with van der Waals surface area (Å²) >= 11 is 0. The molecule has 0 aliphatic carbocycles. The quantitative estimate of drug-likeness (QED) is 0.746. The van der Waals surface area contributed by atoms with Crippen molar-refractivity contribution < 1.29 is 14.6 Å². The van der Waals surface area contributed by atoms with E-state index in [1.54, 1.807) is 6.08 Å². The van der Waals surface area contributed by atoms with E-state index in [-0.39, 0.29) is 11.9 Å². The van der Waals surface area contributed by atoms with Crippen LogP contribution in [0.25, 0.3) is 11.8 Å². The molecule has 1 heterocycles. The summed E-state index contributed by atoms with van der Waals surface area (Å²) < 4.78 is 6.01. The summed E-state index contributed by atoms with van der Waals surface area (Å²) in [7, 11) is 0. The Balaban J connectivity index is 2.46. The van der Waals surface area contributed by atoms with E-state index in [9.17, 15) is 9.90 Å². The first-order chi connectivity index (χ1) is 11.8. The lowest BCUT2D eigenvalue weighted by Gasteiger charge is -2.21. The van der Waals surface area contributed by atoms with Gasteiger partial charge >= 0.3 is 0 Å². The Bertz CT molecular complexity index is 725. The zero-order valence-electron chi connectivity index (χ0n) is 15.6. The van der Waals surface area contributed by atoms with E-state index in [0.29, 0.717) is 25.0 Å². The summed E-state index contributed by atoms with van der Waals surface area (Å²) in [5.74, 6) is 0.407. The third-order valence-corrected chi connectivity index (χ3v) is 4.68. The van der Waals surface area contributed by atoms with E-state index in [4.69, 9.17) is 4.74 Å². The molecule has 2 unspecified atom stereocenters. The maximum atomic E-state index is 11.9. The second-order valence-electron chi connectivity index (χ2n) is 6.81. The van der Waals surface area contributed by atoms with Crippen LogP contribution in [0.1, 0.15) is 54.0 Å². The SMILES string of the molecule is C=C1OC(C)C/C=C\C(=O)C(O)CC/C=C/c2c(C)c(C)cc(C)c21. The number of benzene rings is 1. The molecule has 1 N–H and O–H groups in total. The monoisotopic (exact) mass is 340 g/mol. The van der Waals surface area contributed by atoms with E-state index < -0.39 is 6.10 Å². The molecular formula is C22H28O3. The molecule has 3 heteroatoms. The highest BCUT2D eigenvalue weighted by Crippen LogP contribution is 2.30. The number of aryl methyl sites for hydroxylation is 2. The number of rotatable bonds is 0. The van der Waals surface area contributed by atoms with Crippen LogP contribution in [0.2, 0.25) is 0 Å². The number of fused-ring (bicyclic) bond motifs is 1. The third kappa shape index (κ3) is 4.70. The highest BCUT2D eigenvalue weighted by atomic mass is 16.5. The number of carbonyl (C=O) groups excluding carboxylic acids is 1. The van der Waals surface area contributed by atoms with Gasteiger partial charge in [0.15, 0.2) is 5.78 Å². The van der Waals surface area contributed by atoms with Crippen molar-refractivity contribution in [3.63, 3.8) is 0 Å². The zero-order chi connectivity index (χ0) is 18.6. The molecule has 0 radical (unpaired) electrons. The Labute approximate surface area is 150 Å². The van der Waals surface area contributed by atoms with Crippen LogP contribution in [0, 0.1) is 20.8 Å². The number of hydrogen-bond donors (Lipinski definition) is 1. The minimum atomic E-state index is -0.949. The van der Waals surface area contributed by atoms with Crippen molar-refractivity contribution in [3.05, 3.63) is 58.7 Å². The first kappa shape index (κ1) is 19.2. The van der Waals surface area contributed by atoms with Gasteiger partial charge in [0.2, 0.25) is 0 Å². The highest BCUT2D eigenvalue weighted by Gasteiger charge is 2.16. The van der Waals surface area contributed by atoms with Crippen LogP contribution in [0.3, 0.4) is 0 Å². The summed E-state index contributed by atoms with van der Waals surface area (Å²) in [6.07, 6.45) is 7.88. The first-order valence-corrected chi connectivity index (χ1v) is 8.83. The fraction of sp³-hybridized carbons (Fsp3) is 0.409. The Morgan fingerprint density at radius 2 is 1.88 bits per heavy atom. The first-order valence-electron chi connectivity index (χ1n) is 8.83. The molecule has 0 bridgehead atoms. The Morgan fingerprint density at radius 3 is 2.60 bits per heavy atom. The molecule has 1 aliphatic heterocycles. The largest absolute Gasteiger partial charge is 0.490 e. The Hall–Kier alpha value is -2.13. The van der Waals surface area contributed by atoms with Crippen LogP contribution in [-0.2, 0) is 9.53 Å². The lowest BCUT2D eigenvalue weighted by Crippen LogP contribution is -2.17. The number of aliphatic hydroxyl groups is 1. The normalized spacial score (nSPS) is 24.8. The molecule has 25 heavy (non-hydrogen) atoms. The van der Waals surface area contributed by atoms with Crippen molar-refractivity contribution >= 4 is 17.6 Å². The molecule has 0 amide bonds. The molecule has 2 rings (SSSR count). The van der Waals surface area contributed by atoms with Gasteiger partial charge in [-0.3, -0.25) is 4.79 Å². The van der Waals surface area contributed by atoms with Crippen molar-refractivity contribution in [2.45, 2.75) is 59.2 Å². The number of hydrogen-bond acceptors (Lipinski definition) is 3. The number of carbonyl (C=O) groups is 1. The van der Waals surface area contributed by atoms with E-state index in [2.05, 4.69) is 39.5 Å². The minimum absolute atomic E-state index is 0.102. The molecule has 0 spiro atoms. The predicted octanol–water partition coefficient (Wildman–Crippen LogP) is 4.67. The van der Waals surface area contributed by atoms with E-state index in [0.717, 1.165) is 16.7 Å². The highest BCUT2D eigenvalue weighted by molar-refractivity contribution is 5.93. The minimum Gasteiger partial charge on any atom is -0.490 e. The fourth-order valence-corrected chi connectivity index (χ4v) is 3.13. The Morgan fingerprint density at radius 1 is 1.16 bits per heavy atom. The van der Waals surface area contributed by atoms with Crippen molar-refractivity contribution in [1.29, 1.82) is 0 Å². The van der Waals surface area contributed by atoms with Crippen molar-refractivity contribution in [2.24, 2.45) is 0 Å². The smallest absolute Gasteiger partial charge is 0.183 e. The summed E-state index contributed by atoms with van der Waals surface area (Å²) in [4.78, 5) is 11.9. The third-order valence-electron chi connectivity index (χ3n) is 4.68. The molecule has 1 aromatic carbocycles. The molecule has 3 nitrogen and oxygen atoms in total. The van der Waals surface area contributed by atoms with Crippen LogP contribution in [0.5, 0.6) is 0 Å². The van der Waals surface area contributed by atoms with Gasteiger partial charge in [-0.1, -0.05) is 30.9 Å². The number of ketones is 1. The molecule has 0 saturated heterocycles. The van der Waals surface area contributed by atoms with Gasteiger partial charge in [-0.25, -0.2) is 0 Å². The lowest BCUT2D eigenvalue weighted by molar-refractivity contribution is -0.122. The standard InChI is InChI=1S/C22H28O3/c1-14-13-15(2)22-18(5)25-16(3)9-8-12-21(24)20(23)11-7-6-10-19(22)17(14)4/h6,8,10,12-13,16,20,23H,5,7,9,11H2,1-4H3/b10-6+,12-8-. The molecule has 1 aromatic rings. The van der Waals surface area contributed by atoms with Crippen LogP contribution >= 0.6 is 0 Å². The second-order valence-corrected chi connectivity index (χ2v) is 6.81. The van der Waals surface area contributed by atoms with Crippen molar-refractivity contribution in [3.8, 4) is 0 Å². The molecule has 0 aromatic heterocycles. The molecular weight excluding hydrogens is 312 g/mol. The van der Waals surface area contributed by atoms with Gasteiger partial charge in [-0.2, -0.15) is 0 Å². The van der Waals surface area contributed by atoms with Crippen LogP contribution in [-0.4, -0.2) is 23.1 Å². The van der Waals surface area contributed by atoms with E-state index in [1.807, 2.05) is 13.0 Å². The van der Waals surface area contributed by atoms with Gasteiger partial charge in [-0.15, -0.1) is 0 Å². The molecule has 0 fully saturated rings. The average molecular weight is 340 g/mol. The molecule has 2 atom stereocenters. The van der Waals surface area contributed by atoms with Gasteiger partial charge in [0.05, 0.1) is 6.10 Å². The Kier molecular flexibility index (Phi) is 6.38. The van der Waals surface area contributed by atoms with Crippen LogP contribution < -0.4 is 0 Å². The van der Waals surface area contributed by atoms with Gasteiger partial charge < -0.3 is 9.84 Å². The van der Waals surface area contributed by atoms with Gasteiger partial charge in [0.1, 0.15) is 11.9 Å². The maximum Gasteiger partial charge on any atom is 0.183 e. The van der Waals surface area contributed by atoms with Gasteiger partial charge in [0.25, 0.3) is 0 Å². The lowest BCUT2D eigenvalue weighted by atomic mass is 9.91. The van der Waals surface area contributed by atoms with E-state index >= 15 is 0 Å². The number of aliphatic hydroxyl groups excluding tert-OH is 1. The molecule has 134 valence electrons. The zero-order valence-corrected chi connectivity index (χ0v) is 15.6. The summed E-state index contributed by atoms with van der Waals surface area (Å²) in [5, 5.41) is 9.95. The number of allylic oxidation sites excluding steroid dienone is 1. The van der Waals surface area contributed by atoms with Crippen LogP contribution in [0.15, 0.2) is 30.9 Å². The van der Waals surface area contributed by atoms with E-state index in [1.165, 1.54) is 17.2 Å². The molecule has 0 saturated carbocycles. The average Bonchev–Trinajstić information content (AvgIpc) is 2.54. The van der Waals surface area contributed by atoms with Crippen molar-refractivity contribution in [1.82, 2.24) is 0 Å². The summed E-state index contributed by atoms with van der Waals surface area (Å²) in [6.45, 7) is 12.4. The van der Waals surface area contributed by atoms with Gasteiger partial charge in [0, 0.05) is 12.0 Å². The van der Waals surface area contributed by atoms with Crippen LogP contribution in [0.4, 0.5) is 0 Å². The van der Waals surface area contributed by atoms with Gasteiger partial charge in [-0.05, 0) is 68.9 Å². The predicted molar refractivity (Wildman–Crippen MR) is 103 cm³/mol. The summed E-state index contributed by atoms with van der Waals surface area (Å²) in [6, 6.07) is 2.16.